The van der Waals surface area contributed by atoms with E-state index in [-0.39, 0.29) is 41.3 Å². The number of imidazole rings is 2. The number of ether oxygens (including phenoxy) is 2. The lowest BCUT2D eigenvalue weighted by Gasteiger charge is -2.15. The van der Waals surface area contributed by atoms with Crippen LogP contribution in [0, 0.1) is 46.3 Å². The molecule has 2 aliphatic heterocycles. The molecule has 0 unspecified atom stereocenters. The van der Waals surface area contributed by atoms with Gasteiger partial charge in [-0.15, -0.1) is 0 Å². The molecule has 18 heteroatoms. The van der Waals surface area contributed by atoms with Gasteiger partial charge in [-0.05, 0) is 119 Å². The molecule has 3 aromatic carbocycles. The Balaban J connectivity index is 0.000000168. The number of aryl methyl sites for hydroxylation is 5. The number of methoxy groups -OCH3 is 2. The van der Waals surface area contributed by atoms with Crippen molar-refractivity contribution in [3.63, 3.8) is 0 Å². The number of aliphatic imine (C=N–C) groups is 2. The smallest absolute Gasteiger partial charge is 0.305 e. The highest BCUT2D eigenvalue weighted by molar-refractivity contribution is 7.85. The molecule has 1 N–H and O–H groups in total. The lowest BCUT2D eigenvalue weighted by atomic mass is 10.0. The van der Waals surface area contributed by atoms with Gasteiger partial charge in [0.1, 0.15) is 35.4 Å². The Morgan fingerprint density at radius 3 is 1.41 bits per heavy atom. The molecule has 6 heterocycles. The maximum Gasteiger partial charge on any atom is 0.305 e. The minimum atomic E-state index is -4.02. The summed E-state index contributed by atoms with van der Waals surface area (Å²) in [7, 11) is -1.29. The molecule has 7 aromatic rings. The van der Waals surface area contributed by atoms with E-state index in [0.717, 1.165) is 28.3 Å². The highest BCUT2D eigenvalue weighted by Gasteiger charge is 2.31. The molecule has 0 bridgehead atoms. The van der Waals surface area contributed by atoms with E-state index in [1.54, 1.807) is 50.8 Å². The van der Waals surface area contributed by atoms with E-state index >= 15 is 0 Å². The molecule has 0 amide bonds. The highest BCUT2D eigenvalue weighted by atomic mass is 32.2. The van der Waals surface area contributed by atoms with Crippen LogP contribution in [0.2, 0.25) is 0 Å². The topological polar surface area (TPSA) is 193 Å². The number of hydrogen-bond donors (Lipinski definition) is 1. The molecule has 0 aliphatic carbocycles. The molecule has 0 saturated carbocycles. The first kappa shape index (κ1) is 49.3. The van der Waals surface area contributed by atoms with Crippen LogP contribution in [0.3, 0.4) is 0 Å². The van der Waals surface area contributed by atoms with Gasteiger partial charge in [-0.1, -0.05) is 29.8 Å². The van der Waals surface area contributed by atoms with Crippen LogP contribution in [0.15, 0.2) is 125 Å². The van der Waals surface area contributed by atoms with Crippen molar-refractivity contribution in [2.45, 2.75) is 77.3 Å². The Bertz CT molecular complexity index is 3020. The minimum Gasteiger partial charge on any atom is -0.469 e. The summed E-state index contributed by atoms with van der Waals surface area (Å²) in [5, 5.41) is 0. The number of halogens is 2. The van der Waals surface area contributed by atoms with Gasteiger partial charge < -0.3 is 9.47 Å². The summed E-state index contributed by atoms with van der Waals surface area (Å²) in [5.41, 5.74) is 9.21. The molecule has 0 radical (unpaired) electrons. The van der Waals surface area contributed by atoms with E-state index < -0.39 is 22.2 Å². The Morgan fingerprint density at radius 2 is 1.04 bits per heavy atom. The zero-order chi connectivity index (χ0) is 49.6. The fourth-order valence-electron chi connectivity index (χ4n) is 7.88. The van der Waals surface area contributed by atoms with Gasteiger partial charge in [0, 0.05) is 60.1 Å². The predicted octanol–water partition coefficient (Wildman–Crippen LogP) is 8.98. The van der Waals surface area contributed by atoms with Crippen molar-refractivity contribution in [3.8, 4) is 11.4 Å². The fourth-order valence-corrected chi connectivity index (χ4v) is 8.36. The number of aromatic nitrogens is 6. The summed E-state index contributed by atoms with van der Waals surface area (Å²) >= 11 is 0. The highest BCUT2D eigenvalue weighted by Crippen LogP contribution is 2.36. The van der Waals surface area contributed by atoms with Gasteiger partial charge >= 0.3 is 11.9 Å². The number of rotatable bonds is 9. The Labute approximate surface area is 398 Å². The van der Waals surface area contributed by atoms with E-state index in [1.165, 1.54) is 38.5 Å². The van der Waals surface area contributed by atoms with Gasteiger partial charge in [-0.2, -0.15) is 8.42 Å². The molecule has 0 saturated heterocycles. The van der Waals surface area contributed by atoms with Gasteiger partial charge in [0.05, 0.1) is 53.3 Å². The SMILES string of the molecule is COC(=O)CC[C@@H]1N=C(c2ccccn2)c2cc(F)c(C)cc2-n2c(C)cnc21.COC(=O)CC[C@@H]1N=C(c2ccccn2)c2cc(F)c(C)cc2-n2c(C)cnc21.Cc1ccc(S(=O)(=O)O)cc1. The molecule has 69 heavy (non-hydrogen) atoms. The van der Waals surface area contributed by atoms with E-state index in [9.17, 15) is 26.8 Å². The second kappa shape index (κ2) is 21.2. The molecule has 0 fully saturated rings. The minimum absolute atomic E-state index is 0.0666. The van der Waals surface area contributed by atoms with Gasteiger partial charge in [0.2, 0.25) is 0 Å². The van der Waals surface area contributed by atoms with Crippen LogP contribution in [0.4, 0.5) is 8.78 Å². The van der Waals surface area contributed by atoms with Crippen LogP contribution in [0.5, 0.6) is 0 Å². The lowest BCUT2D eigenvalue weighted by molar-refractivity contribution is -0.141. The lowest BCUT2D eigenvalue weighted by Crippen LogP contribution is -2.10. The van der Waals surface area contributed by atoms with Crippen molar-refractivity contribution in [2.75, 3.05) is 14.2 Å². The number of benzene rings is 3. The van der Waals surface area contributed by atoms with E-state index in [1.807, 2.05) is 78.4 Å². The maximum atomic E-state index is 14.6. The number of esters is 2. The number of pyridine rings is 2. The summed E-state index contributed by atoms with van der Waals surface area (Å²) in [6.45, 7) is 9.20. The molecule has 356 valence electrons. The summed E-state index contributed by atoms with van der Waals surface area (Å²) in [4.78, 5) is 51.3. The van der Waals surface area contributed by atoms with E-state index in [0.29, 0.717) is 69.6 Å². The largest absolute Gasteiger partial charge is 0.469 e. The average molecular weight is 957 g/mol. The van der Waals surface area contributed by atoms with Crippen molar-refractivity contribution >= 4 is 33.5 Å². The Hall–Kier alpha value is -7.57. The first-order valence-corrected chi connectivity index (χ1v) is 23.3. The van der Waals surface area contributed by atoms with Crippen molar-refractivity contribution < 1.29 is 40.8 Å². The molecule has 9 rings (SSSR count). The average Bonchev–Trinajstić information content (AvgIpc) is 3.85. The number of carbonyl (C=O) groups excluding carboxylic acids is 2. The first-order valence-electron chi connectivity index (χ1n) is 21.8. The van der Waals surface area contributed by atoms with Crippen molar-refractivity contribution in [3.05, 3.63) is 184 Å². The van der Waals surface area contributed by atoms with E-state index in [2.05, 4.69) is 19.9 Å². The van der Waals surface area contributed by atoms with Crippen molar-refractivity contribution in [1.29, 1.82) is 0 Å². The zero-order valence-electron chi connectivity index (χ0n) is 39.0. The van der Waals surface area contributed by atoms with Crippen molar-refractivity contribution in [2.24, 2.45) is 9.98 Å². The molecule has 0 spiro atoms. The third-order valence-electron chi connectivity index (χ3n) is 11.5. The normalized spacial score (nSPS) is 14.6. The van der Waals surface area contributed by atoms with Gasteiger partial charge in [-0.3, -0.25) is 43.2 Å². The monoisotopic (exact) mass is 956 g/mol. The number of carbonyl (C=O) groups is 2. The van der Waals surface area contributed by atoms with Gasteiger partial charge in [0.25, 0.3) is 10.1 Å². The number of nitrogens with zero attached hydrogens (tertiary/aromatic N) is 8. The third-order valence-corrected chi connectivity index (χ3v) is 12.3. The van der Waals surface area contributed by atoms with Crippen LogP contribution < -0.4 is 0 Å². The summed E-state index contributed by atoms with van der Waals surface area (Å²) < 4.78 is 72.3. The molecule has 4 aromatic heterocycles. The summed E-state index contributed by atoms with van der Waals surface area (Å²) in [6.07, 6.45) is 8.16. The standard InChI is InChI=1S/2C22H21FN4O2.C7H8O3S/c2*1-13-10-19-15(11-16(13)23)21(17-6-4-5-9-24-17)26-18(7-8-20(28)29-3)22-25-12-14(2)27(19)22;1-6-2-4-7(5-3-6)11(8,9)10/h2*4-6,9-12,18H,7-8H2,1-3H3;2-5H,1H3,(H,8,9,10)/t2*18-;/m00./s1. The predicted molar refractivity (Wildman–Crippen MR) is 255 cm³/mol. The first-order chi connectivity index (χ1) is 33.0. The zero-order valence-corrected chi connectivity index (χ0v) is 39.8. The molecule has 15 nitrogen and oxygen atoms in total. The van der Waals surface area contributed by atoms with Crippen LogP contribution in [-0.2, 0) is 29.2 Å². The maximum absolute atomic E-state index is 14.6. The van der Waals surface area contributed by atoms with Crippen LogP contribution >= 0.6 is 0 Å². The van der Waals surface area contributed by atoms with Gasteiger partial charge in [-0.25, -0.2) is 18.7 Å². The van der Waals surface area contributed by atoms with E-state index in [4.69, 9.17) is 24.0 Å². The Morgan fingerprint density at radius 1 is 0.623 bits per heavy atom. The number of fused-ring (bicyclic) bond motifs is 6. The quantitative estimate of drug-likeness (QED) is 0.107. The molecule has 2 atom stereocenters. The summed E-state index contributed by atoms with van der Waals surface area (Å²) in [6, 6.07) is 22.9. The number of hydrogen-bond acceptors (Lipinski definition) is 12. The molecular formula is C51H50F2N8O7S. The van der Waals surface area contributed by atoms with Crippen LogP contribution in [-0.4, -0.2) is 79.6 Å². The van der Waals surface area contributed by atoms with Crippen molar-refractivity contribution in [1.82, 2.24) is 29.1 Å². The summed E-state index contributed by atoms with van der Waals surface area (Å²) in [5.74, 6) is 0.199. The van der Waals surface area contributed by atoms with Crippen LogP contribution in [0.25, 0.3) is 11.4 Å². The van der Waals surface area contributed by atoms with Crippen LogP contribution in [0.1, 0.15) is 100 Å². The van der Waals surface area contributed by atoms with Gasteiger partial charge in [0.15, 0.2) is 0 Å². The Kier molecular flexibility index (Phi) is 15.1. The molecule has 2 aliphatic rings. The third kappa shape index (κ3) is 11.1. The molecular weight excluding hydrogens is 907 g/mol. The second-order valence-electron chi connectivity index (χ2n) is 16.4. The second-order valence-corrected chi connectivity index (χ2v) is 17.8. The fraction of sp³-hybridized carbons (Fsp3) is 0.255.